The van der Waals surface area contributed by atoms with Gasteiger partial charge < -0.3 is 10.8 Å². The van der Waals surface area contributed by atoms with Crippen LogP contribution in [0.1, 0.15) is 25.7 Å². The second-order valence-electron chi connectivity index (χ2n) is 3.29. The summed E-state index contributed by atoms with van der Waals surface area (Å²) in [5.41, 5.74) is 5.75. The van der Waals surface area contributed by atoms with Crippen LogP contribution in [0.5, 0.6) is 0 Å². The molecule has 11 heavy (non-hydrogen) atoms. The summed E-state index contributed by atoms with van der Waals surface area (Å²) in [4.78, 5) is 0. The van der Waals surface area contributed by atoms with Crippen molar-refractivity contribution in [2.24, 2.45) is 11.7 Å². The molecule has 0 atom stereocenters. The van der Waals surface area contributed by atoms with Crippen LogP contribution < -0.4 is 5.73 Å². The Balaban J connectivity index is 2.22. The van der Waals surface area contributed by atoms with Crippen molar-refractivity contribution in [1.82, 2.24) is 0 Å². The van der Waals surface area contributed by atoms with E-state index < -0.39 is 0 Å². The third kappa shape index (κ3) is 3.04. The van der Waals surface area contributed by atoms with Gasteiger partial charge in [0.05, 0.1) is 6.61 Å². The minimum Gasteiger partial charge on any atom is -0.392 e. The Labute approximate surface area is 68.1 Å². The molecule has 2 heteroatoms. The average Bonchev–Trinajstić information content (AvgIpc) is 2.04. The van der Waals surface area contributed by atoms with E-state index in [-0.39, 0.29) is 6.61 Å². The Morgan fingerprint density at radius 3 is 2.45 bits per heavy atom. The Hall–Kier alpha value is -0.340. The monoisotopic (exact) mass is 155 g/mol. The van der Waals surface area contributed by atoms with Crippen molar-refractivity contribution >= 4 is 0 Å². The fourth-order valence-electron chi connectivity index (χ4n) is 1.59. The Bertz CT molecular complexity index is 126. The molecule has 3 N–H and O–H groups in total. The minimum atomic E-state index is 0.169. The van der Waals surface area contributed by atoms with Crippen LogP contribution in [-0.4, -0.2) is 17.8 Å². The molecule has 1 aliphatic rings. The number of hydrogen-bond donors (Lipinski definition) is 2. The van der Waals surface area contributed by atoms with Crippen molar-refractivity contribution in [2.75, 3.05) is 6.61 Å². The van der Waals surface area contributed by atoms with Gasteiger partial charge in [-0.05, 0) is 31.6 Å². The van der Waals surface area contributed by atoms with E-state index in [1.165, 1.54) is 12.8 Å². The highest BCUT2D eigenvalue weighted by atomic mass is 16.2. The van der Waals surface area contributed by atoms with Crippen LogP contribution in [0.4, 0.5) is 0 Å². The Kier molecular flexibility index (Phi) is 3.60. The maximum Gasteiger partial charge on any atom is 0.0612 e. The normalized spacial score (nSPS) is 32.9. The van der Waals surface area contributed by atoms with Gasteiger partial charge in [0.15, 0.2) is 0 Å². The van der Waals surface area contributed by atoms with Gasteiger partial charge in [-0.2, -0.15) is 0 Å². The first-order chi connectivity index (χ1) is 5.33. The lowest BCUT2D eigenvalue weighted by atomic mass is 9.86. The lowest BCUT2D eigenvalue weighted by Gasteiger charge is -2.23. The molecule has 0 aromatic heterocycles. The molecule has 1 rings (SSSR count). The van der Waals surface area contributed by atoms with E-state index in [0.29, 0.717) is 12.0 Å². The first kappa shape index (κ1) is 8.75. The standard InChI is InChI=1S/C9H17NO/c10-9-5-3-8(4-6-9)2-1-7-11/h1-2,8-9,11H,3-7,10H2. The molecule has 1 fully saturated rings. The van der Waals surface area contributed by atoms with Gasteiger partial charge in [-0.3, -0.25) is 0 Å². The SMILES string of the molecule is NC1CCC(C=CCO)CC1. The highest BCUT2D eigenvalue weighted by Gasteiger charge is 2.15. The van der Waals surface area contributed by atoms with Crippen molar-refractivity contribution < 1.29 is 5.11 Å². The molecule has 0 bridgehead atoms. The van der Waals surface area contributed by atoms with Crippen molar-refractivity contribution in [3.05, 3.63) is 12.2 Å². The first-order valence-electron chi connectivity index (χ1n) is 4.36. The highest BCUT2D eigenvalue weighted by molar-refractivity contribution is 4.91. The van der Waals surface area contributed by atoms with Gasteiger partial charge in [-0.1, -0.05) is 12.2 Å². The van der Waals surface area contributed by atoms with Crippen molar-refractivity contribution in [3.8, 4) is 0 Å². The molecule has 0 unspecified atom stereocenters. The van der Waals surface area contributed by atoms with E-state index in [1.807, 2.05) is 6.08 Å². The second kappa shape index (κ2) is 4.52. The van der Waals surface area contributed by atoms with E-state index >= 15 is 0 Å². The second-order valence-corrected chi connectivity index (χ2v) is 3.29. The zero-order valence-corrected chi connectivity index (χ0v) is 6.87. The third-order valence-electron chi connectivity index (χ3n) is 2.33. The molecule has 64 valence electrons. The molecule has 1 aliphatic carbocycles. The highest BCUT2D eigenvalue weighted by Crippen LogP contribution is 2.23. The lowest BCUT2D eigenvalue weighted by Crippen LogP contribution is -2.25. The number of aliphatic hydroxyl groups excluding tert-OH is 1. The van der Waals surface area contributed by atoms with E-state index in [9.17, 15) is 0 Å². The Morgan fingerprint density at radius 1 is 1.27 bits per heavy atom. The number of hydrogen-bond acceptors (Lipinski definition) is 2. The van der Waals surface area contributed by atoms with E-state index in [4.69, 9.17) is 10.8 Å². The molecule has 0 amide bonds. The lowest BCUT2D eigenvalue weighted by molar-refractivity contribution is 0.337. The minimum absolute atomic E-state index is 0.169. The molecular weight excluding hydrogens is 138 g/mol. The predicted molar refractivity (Wildman–Crippen MR) is 46.2 cm³/mol. The maximum atomic E-state index is 8.54. The van der Waals surface area contributed by atoms with Gasteiger partial charge in [0.1, 0.15) is 0 Å². The largest absolute Gasteiger partial charge is 0.392 e. The number of rotatable bonds is 2. The molecule has 0 aliphatic heterocycles. The molecule has 0 aromatic rings. The van der Waals surface area contributed by atoms with Gasteiger partial charge in [0.2, 0.25) is 0 Å². The smallest absolute Gasteiger partial charge is 0.0612 e. The van der Waals surface area contributed by atoms with E-state index in [2.05, 4.69) is 6.08 Å². The van der Waals surface area contributed by atoms with Crippen LogP contribution >= 0.6 is 0 Å². The zero-order chi connectivity index (χ0) is 8.10. The molecular formula is C9H17NO. The van der Waals surface area contributed by atoms with Crippen LogP contribution in [0, 0.1) is 5.92 Å². The fourth-order valence-corrected chi connectivity index (χ4v) is 1.59. The van der Waals surface area contributed by atoms with Crippen LogP contribution in [0.3, 0.4) is 0 Å². The van der Waals surface area contributed by atoms with Crippen molar-refractivity contribution in [3.63, 3.8) is 0 Å². The summed E-state index contributed by atoms with van der Waals surface area (Å²) in [7, 11) is 0. The summed E-state index contributed by atoms with van der Waals surface area (Å²) >= 11 is 0. The van der Waals surface area contributed by atoms with Gasteiger partial charge in [0.25, 0.3) is 0 Å². The Morgan fingerprint density at radius 2 is 1.91 bits per heavy atom. The van der Waals surface area contributed by atoms with Crippen LogP contribution in [0.2, 0.25) is 0 Å². The van der Waals surface area contributed by atoms with Crippen LogP contribution in [0.25, 0.3) is 0 Å². The number of nitrogens with two attached hydrogens (primary N) is 1. The first-order valence-corrected chi connectivity index (χ1v) is 4.36. The summed E-state index contributed by atoms with van der Waals surface area (Å²) in [5.74, 6) is 0.668. The quantitative estimate of drug-likeness (QED) is 0.585. The molecule has 0 radical (unpaired) electrons. The van der Waals surface area contributed by atoms with Crippen LogP contribution in [0.15, 0.2) is 12.2 Å². The predicted octanol–water partition coefficient (Wildman–Crippen LogP) is 1.05. The maximum absolute atomic E-state index is 8.54. The average molecular weight is 155 g/mol. The van der Waals surface area contributed by atoms with Gasteiger partial charge in [-0.15, -0.1) is 0 Å². The van der Waals surface area contributed by atoms with Gasteiger partial charge in [-0.25, -0.2) is 0 Å². The summed E-state index contributed by atoms with van der Waals surface area (Å²) < 4.78 is 0. The molecule has 0 spiro atoms. The fraction of sp³-hybridized carbons (Fsp3) is 0.778. The summed E-state index contributed by atoms with van der Waals surface area (Å²) in [5, 5.41) is 8.54. The summed E-state index contributed by atoms with van der Waals surface area (Å²) in [6, 6.07) is 0.425. The van der Waals surface area contributed by atoms with Crippen LogP contribution in [-0.2, 0) is 0 Å². The van der Waals surface area contributed by atoms with Crippen molar-refractivity contribution in [2.45, 2.75) is 31.7 Å². The van der Waals surface area contributed by atoms with E-state index in [1.54, 1.807) is 0 Å². The van der Waals surface area contributed by atoms with Crippen molar-refractivity contribution in [1.29, 1.82) is 0 Å². The molecule has 0 heterocycles. The van der Waals surface area contributed by atoms with E-state index in [0.717, 1.165) is 12.8 Å². The molecule has 0 aromatic carbocycles. The van der Waals surface area contributed by atoms with Gasteiger partial charge in [0, 0.05) is 6.04 Å². The topological polar surface area (TPSA) is 46.2 Å². The molecule has 1 saturated carbocycles. The zero-order valence-electron chi connectivity index (χ0n) is 6.87. The summed E-state index contributed by atoms with van der Waals surface area (Å²) in [6.07, 6.45) is 8.61. The van der Waals surface area contributed by atoms with Gasteiger partial charge >= 0.3 is 0 Å². The molecule has 0 saturated heterocycles. The third-order valence-corrected chi connectivity index (χ3v) is 2.33. The number of aliphatic hydroxyl groups is 1. The number of allylic oxidation sites excluding steroid dienone is 1. The summed E-state index contributed by atoms with van der Waals surface area (Å²) in [6.45, 7) is 0.169. The molecule has 2 nitrogen and oxygen atoms in total.